The lowest BCUT2D eigenvalue weighted by Gasteiger charge is -2.19. The lowest BCUT2D eigenvalue weighted by atomic mass is 9.84. The monoisotopic (exact) mass is 646 g/mol. The third-order valence-corrected chi connectivity index (χ3v) is 10.8. The molecule has 1 aromatic heterocycles. The van der Waals surface area contributed by atoms with Gasteiger partial charge in [-0.2, -0.15) is 0 Å². The van der Waals surface area contributed by atoms with Gasteiger partial charge in [0, 0.05) is 16.2 Å². The Hall–Kier alpha value is -6.70. The second-order valence-corrected chi connectivity index (χ2v) is 13.5. The predicted octanol–water partition coefficient (Wildman–Crippen LogP) is 14.4. The molecule has 0 fully saturated rings. The highest BCUT2D eigenvalue weighted by atomic mass is 16.3. The standard InChI is InChI=1S/C50H30O/c1-2-12-31(13-3-1)32-22-24-33(25-23-32)47-37-16-6-8-18-39(37)48(40-19-9-7-17-38(40)47)34-26-27-42-44(30-34)36-15-5-4-14-35(36)41-28-29-46-50(49(41)42)43-20-10-11-21-45(43)51-46/h1-30H. The van der Waals surface area contributed by atoms with Crippen molar-refractivity contribution in [2.45, 2.75) is 0 Å². The van der Waals surface area contributed by atoms with Crippen LogP contribution in [0.15, 0.2) is 186 Å². The molecule has 1 heteroatoms. The van der Waals surface area contributed by atoms with Crippen molar-refractivity contribution in [3.8, 4) is 33.4 Å². The van der Waals surface area contributed by atoms with Gasteiger partial charge in [-0.05, 0) is 106 Å². The van der Waals surface area contributed by atoms with Crippen LogP contribution in [0.2, 0.25) is 0 Å². The van der Waals surface area contributed by atoms with Crippen molar-refractivity contribution in [1.29, 1.82) is 0 Å². The van der Waals surface area contributed by atoms with Gasteiger partial charge in [-0.25, -0.2) is 0 Å². The van der Waals surface area contributed by atoms with Crippen molar-refractivity contribution >= 4 is 75.8 Å². The van der Waals surface area contributed by atoms with Crippen LogP contribution in [0.4, 0.5) is 0 Å². The minimum Gasteiger partial charge on any atom is -0.456 e. The van der Waals surface area contributed by atoms with E-state index in [1.807, 2.05) is 6.07 Å². The molecular formula is C50H30O. The van der Waals surface area contributed by atoms with Crippen molar-refractivity contribution in [2.75, 3.05) is 0 Å². The summed E-state index contributed by atoms with van der Waals surface area (Å²) in [5, 5.41) is 14.9. The molecular weight excluding hydrogens is 617 g/mol. The molecule has 11 aromatic rings. The minimum absolute atomic E-state index is 0.922. The molecule has 0 radical (unpaired) electrons. The summed E-state index contributed by atoms with van der Waals surface area (Å²) >= 11 is 0. The number of furan rings is 1. The smallest absolute Gasteiger partial charge is 0.136 e. The summed E-state index contributed by atoms with van der Waals surface area (Å²) in [5.41, 5.74) is 9.28. The normalized spacial score (nSPS) is 11.9. The molecule has 0 spiro atoms. The first-order valence-corrected chi connectivity index (χ1v) is 17.6. The third-order valence-electron chi connectivity index (χ3n) is 10.8. The van der Waals surface area contributed by atoms with E-state index in [-0.39, 0.29) is 0 Å². The molecule has 1 heterocycles. The molecule has 0 aliphatic rings. The van der Waals surface area contributed by atoms with Gasteiger partial charge in [0.1, 0.15) is 11.2 Å². The fraction of sp³-hybridized carbons (Fsp3) is 0. The number of rotatable bonds is 3. The zero-order chi connectivity index (χ0) is 33.5. The molecule has 10 aromatic carbocycles. The Morgan fingerprint density at radius 1 is 0.235 bits per heavy atom. The Bertz CT molecular complexity index is 3110. The van der Waals surface area contributed by atoms with Crippen LogP contribution in [0.1, 0.15) is 0 Å². The van der Waals surface area contributed by atoms with Crippen molar-refractivity contribution < 1.29 is 4.42 Å². The second-order valence-electron chi connectivity index (χ2n) is 13.5. The Balaban J connectivity index is 1.21. The highest BCUT2D eigenvalue weighted by molar-refractivity contribution is 6.35. The van der Waals surface area contributed by atoms with E-state index in [0.717, 1.165) is 16.6 Å². The highest BCUT2D eigenvalue weighted by Gasteiger charge is 2.20. The van der Waals surface area contributed by atoms with Crippen LogP contribution in [0.3, 0.4) is 0 Å². The number of fused-ring (bicyclic) bond motifs is 12. The maximum absolute atomic E-state index is 6.39. The van der Waals surface area contributed by atoms with Gasteiger partial charge in [0.2, 0.25) is 0 Å². The van der Waals surface area contributed by atoms with Gasteiger partial charge in [0.25, 0.3) is 0 Å². The number of hydrogen-bond acceptors (Lipinski definition) is 1. The van der Waals surface area contributed by atoms with Crippen LogP contribution in [0, 0.1) is 0 Å². The van der Waals surface area contributed by atoms with Crippen LogP contribution >= 0.6 is 0 Å². The van der Waals surface area contributed by atoms with Crippen LogP contribution in [-0.2, 0) is 0 Å². The molecule has 51 heavy (non-hydrogen) atoms. The van der Waals surface area contributed by atoms with E-state index < -0.39 is 0 Å². The lowest BCUT2D eigenvalue weighted by Crippen LogP contribution is -1.91. The molecule has 1 nitrogen and oxygen atoms in total. The molecule has 0 N–H and O–H groups in total. The molecule has 0 unspecified atom stereocenters. The van der Waals surface area contributed by atoms with Gasteiger partial charge in [-0.3, -0.25) is 0 Å². The summed E-state index contributed by atoms with van der Waals surface area (Å²) < 4.78 is 6.39. The third kappa shape index (κ3) is 4.16. The molecule has 11 rings (SSSR count). The molecule has 0 saturated heterocycles. The topological polar surface area (TPSA) is 13.1 Å². The average molecular weight is 647 g/mol. The number of para-hydroxylation sites is 1. The number of benzene rings is 10. The van der Waals surface area contributed by atoms with Crippen molar-refractivity contribution in [1.82, 2.24) is 0 Å². The summed E-state index contributed by atoms with van der Waals surface area (Å²) in [5.74, 6) is 0. The summed E-state index contributed by atoms with van der Waals surface area (Å²) in [4.78, 5) is 0. The first-order valence-electron chi connectivity index (χ1n) is 17.6. The minimum atomic E-state index is 0.922. The van der Waals surface area contributed by atoms with Gasteiger partial charge >= 0.3 is 0 Å². The van der Waals surface area contributed by atoms with E-state index in [9.17, 15) is 0 Å². The van der Waals surface area contributed by atoms with E-state index in [1.165, 1.54) is 92.6 Å². The molecule has 0 atom stereocenters. The van der Waals surface area contributed by atoms with Crippen LogP contribution in [-0.4, -0.2) is 0 Å². The molecule has 0 saturated carbocycles. The maximum atomic E-state index is 6.39. The fourth-order valence-corrected chi connectivity index (χ4v) is 8.62. The van der Waals surface area contributed by atoms with E-state index in [2.05, 4.69) is 176 Å². The lowest BCUT2D eigenvalue weighted by molar-refractivity contribution is 0.669. The van der Waals surface area contributed by atoms with Crippen molar-refractivity contribution in [3.05, 3.63) is 182 Å². The largest absolute Gasteiger partial charge is 0.456 e. The van der Waals surface area contributed by atoms with Gasteiger partial charge in [-0.1, -0.05) is 158 Å². The predicted molar refractivity (Wildman–Crippen MR) is 218 cm³/mol. The van der Waals surface area contributed by atoms with Crippen molar-refractivity contribution in [2.24, 2.45) is 0 Å². The van der Waals surface area contributed by atoms with Gasteiger partial charge in [0.05, 0.1) is 0 Å². The van der Waals surface area contributed by atoms with E-state index in [0.29, 0.717) is 0 Å². The Morgan fingerprint density at radius 3 is 1.35 bits per heavy atom. The summed E-state index contributed by atoms with van der Waals surface area (Å²) in [7, 11) is 0. The van der Waals surface area contributed by atoms with Gasteiger partial charge in [0.15, 0.2) is 0 Å². The Labute approximate surface area is 294 Å². The van der Waals surface area contributed by atoms with Crippen LogP contribution in [0.5, 0.6) is 0 Å². The van der Waals surface area contributed by atoms with Crippen LogP contribution in [0.25, 0.3) is 109 Å². The van der Waals surface area contributed by atoms with Gasteiger partial charge < -0.3 is 4.42 Å². The van der Waals surface area contributed by atoms with E-state index in [4.69, 9.17) is 4.42 Å². The fourth-order valence-electron chi connectivity index (χ4n) is 8.62. The molecule has 236 valence electrons. The number of hydrogen-bond donors (Lipinski definition) is 0. The Kier molecular flexibility index (Phi) is 6.02. The SMILES string of the molecule is c1ccc(-c2ccc(-c3c4ccccc4c(-c4ccc5c(c4)c4ccccc4c4ccc6oc7ccccc7c6c45)c4ccccc34)cc2)cc1. The quantitative estimate of drug-likeness (QED) is 0.138. The molecule has 0 amide bonds. The molecule has 0 aliphatic carbocycles. The van der Waals surface area contributed by atoms with E-state index in [1.54, 1.807) is 0 Å². The second kappa shape index (κ2) is 10.9. The average Bonchev–Trinajstić information content (AvgIpc) is 3.59. The van der Waals surface area contributed by atoms with Crippen molar-refractivity contribution in [3.63, 3.8) is 0 Å². The zero-order valence-corrected chi connectivity index (χ0v) is 27.7. The highest BCUT2D eigenvalue weighted by Crippen LogP contribution is 2.47. The Morgan fingerprint density at radius 2 is 0.686 bits per heavy atom. The van der Waals surface area contributed by atoms with Crippen LogP contribution < -0.4 is 0 Å². The first kappa shape index (κ1) is 28.2. The summed E-state index contributed by atoms with van der Waals surface area (Å²) in [6.07, 6.45) is 0. The molecule has 0 aliphatic heterocycles. The summed E-state index contributed by atoms with van der Waals surface area (Å²) in [6.45, 7) is 0. The molecule has 0 bridgehead atoms. The van der Waals surface area contributed by atoms with Gasteiger partial charge in [-0.15, -0.1) is 0 Å². The van der Waals surface area contributed by atoms with E-state index >= 15 is 0 Å². The maximum Gasteiger partial charge on any atom is 0.136 e. The summed E-state index contributed by atoms with van der Waals surface area (Å²) in [6, 6.07) is 66.3. The first-order chi connectivity index (χ1) is 25.3. The zero-order valence-electron chi connectivity index (χ0n) is 27.7.